The normalized spacial score (nSPS) is 11.1. The lowest BCUT2D eigenvalue weighted by atomic mass is 9.94. The number of hydrogen-bond acceptors (Lipinski definition) is 1. The second kappa shape index (κ2) is 9.07. The molecule has 1 aromatic rings. The van der Waals surface area contributed by atoms with E-state index in [-0.39, 0.29) is 5.56 Å². The van der Waals surface area contributed by atoms with E-state index in [0.717, 1.165) is 44.2 Å². The molecule has 21 heavy (non-hydrogen) atoms. The molecule has 0 radical (unpaired) electrons. The average Bonchev–Trinajstić information content (AvgIpc) is 2.51. The highest BCUT2D eigenvalue weighted by molar-refractivity contribution is 5.38. The summed E-state index contributed by atoms with van der Waals surface area (Å²) in [7, 11) is 0. The van der Waals surface area contributed by atoms with Crippen LogP contribution in [0.2, 0.25) is 0 Å². The number of hydrogen-bond donors (Lipinski definition) is 0. The summed E-state index contributed by atoms with van der Waals surface area (Å²) in [5.41, 5.74) is 5.38. The quantitative estimate of drug-likeness (QED) is 0.606. The second-order valence-corrected chi connectivity index (χ2v) is 5.81. The first-order chi connectivity index (χ1) is 10.2. The van der Waals surface area contributed by atoms with Crippen molar-refractivity contribution >= 4 is 0 Å². The van der Waals surface area contributed by atoms with Gasteiger partial charge in [-0.1, -0.05) is 53.9 Å². The minimum atomic E-state index is 0.278. The molecule has 0 N–H and O–H groups in total. The van der Waals surface area contributed by atoms with Gasteiger partial charge in [-0.25, -0.2) is 0 Å². The molecule has 1 rings (SSSR count). The molecule has 0 saturated carbocycles. The van der Waals surface area contributed by atoms with E-state index in [1.807, 2.05) is 0 Å². The summed E-state index contributed by atoms with van der Waals surface area (Å²) >= 11 is 0. The van der Waals surface area contributed by atoms with Crippen LogP contribution in [0.3, 0.4) is 0 Å². The molecule has 120 valence electrons. The first kappa shape index (κ1) is 18.0. The molecule has 1 aromatic heterocycles. The Kier molecular flexibility index (Phi) is 7.77. The highest BCUT2D eigenvalue weighted by Gasteiger charge is 2.17. The van der Waals surface area contributed by atoms with Crippen molar-refractivity contribution in [1.82, 2.24) is 4.57 Å². The molecule has 0 unspecified atom stereocenters. The Morgan fingerprint density at radius 1 is 0.714 bits per heavy atom. The van der Waals surface area contributed by atoms with E-state index in [9.17, 15) is 4.79 Å². The van der Waals surface area contributed by atoms with Crippen LogP contribution >= 0.6 is 0 Å². The Hall–Kier alpha value is -1.05. The molecule has 0 aliphatic heterocycles. The lowest BCUT2D eigenvalue weighted by molar-refractivity contribution is 0.546. The van der Waals surface area contributed by atoms with Gasteiger partial charge in [0.2, 0.25) is 0 Å². The molecule has 0 amide bonds. The fourth-order valence-electron chi connectivity index (χ4n) is 3.48. The summed E-state index contributed by atoms with van der Waals surface area (Å²) in [6.07, 6.45) is 8.69. The zero-order chi connectivity index (χ0) is 15.8. The van der Waals surface area contributed by atoms with Crippen LogP contribution < -0.4 is 5.56 Å². The van der Waals surface area contributed by atoms with Gasteiger partial charge in [-0.05, 0) is 43.2 Å². The molecule has 2 nitrogen and oxygen atoms in total. The predicted octanol–water partition coefficient (Wildman–Crippen LogP) is 4.68. The van der Waals surface area contributed by atoms with Crippen molar-refractivity contribution in [3.63, 3.8) is 0 Å². The molecule has 0 fully saturated rings. The highest BCUT2D eigenvalue weighted by Crippen LogP contribution is 2.20. The van der Waals surface area contributed by atoms with E-state index in [4.69, 9.17) is 0 Å². The molecular formula is C19H33NO. The monoisotopic (exact) mass is 291 g/mol. The fraction of sp³-hybridized carbons (Fsp3) is 0.737. The third-order valence-electron chi connectivity index (χ3n) is 4.54. The van der Waals surface area contributed by atoms with E-state index in [1.165, 1.54) is 36.1 Å². The van der Waals surface area contributed by atoms with Gasteiger partial charge in [-0.2, -0.15) is 0 Å². The summed E-state index contributed by atoms with van der Waals surface area (Å²) in [4.78, 5) is 12.9. The van der Waals surface area contributed by atoms with E-state index >= 15 is 0 Å². The second-order valence-electron chi connectivity index (χ2n) is 5.81. The van der Waals surface area contributed by atoms with Crippen LogP contribution in [0.5, 0.6) is 0 Å². The van der Waals surface area contributed by atoms with Gasteiger partial charge in [0.15, 0.2) is 0 Å². The Bertz CT molecular complexity index is 499. The average molecular weight is 291 g/mol. The van der Waals surface area contributed by atoms with Gasteiger partial charge >= 0.3 is 0 Å². The molecule has 0 spiro atoms. The molecule has 1 heterocycles. The SMILES string of the molecule is CCCCCCn1c(CC)c(CC)c(CC)c(CC)c1=O. The lowest BCUT2D eigenvalue weighted by Gasteiger charge is -2.21. The zero-order valence-electron chi connectivity index (χ0n) is 14.7. The Morgan fingerprint density at radius 2 is 1.33 bits per heavy atom. The summed E-state index contributed by atoms with van der Waals surface area (Å²) in [5, 5.41) is 0. The first-order valence-corrected chi connectivity index (χ1v) is 8.92. The van der Waals surface area contributed by atoms with Crippen LogP contribution in [0.25, 0.3) is 0 Å². The van der Waals surface area contributed by atoms with Crippen molar-refractivity contribution in [2.45, 2.75) is 92.5 Å². The molecule has 0 aliphatic carbocycles. The van der Waals surface area contributed by atoms with Gasteiger partial charge in [0, 0.05) is 17.8 Å². The molecule has 0 bridgehead atoms. The van der Waals surface area contributed by atoms with Crippen LogP contribution in [0, 0.1) is 0 Å². The van der Waals surface area contributed by atoms with E-state index in [0.29, 0.717) is 0 Å². The lowest BCUT2D eigenvalue weighted by Crippen LogP contribution is -2.30. The van der Waals surface area contributed by atoms with E-state index < -0.39 is 0 Å². The maximum Gasteiger partial charge on any atom is 0.254 e. The third-order valence-corrected chi connectivity index (χ3v) is 4.54. The number of unbranched alkanes of at least 4 members (excludes halogenated alkanes) is 3. The number of aromatic nitrogens is 1. The molecule has 0 atom stereocenters. The molecule has 0 aliphatic rings. The topological polar surface area (TPSA) is 22.0 Å². The number of nitrogens with zero attached hydrogens (tertiary/aromatic N) is 1. The smallest absolute Gasteiger partial charge is 0.254 e. The van der Waals surface area contributed by atoms with E-state index in [1.54, 1.807) is 0 Å². The predicted molar refractivity (Wildman–Crippen MR) is 92.4 cm³/mol. The van der Waals surface area contributed by atoms with Crippen molar-refractivity contribution in [3.8, 4) is 0 Å². The standard InChI is InChI=1S/C19H33NO/c1-6-11-12-13-14-20-18(10-5)16(8-3)15(7-2)17(9-4)19(20)21/h6-14H2,1-5H3. The van der Waals surface area contributed by atoms with Crippen molar-refractivity contribution in [2.24, 2.45) is 0 Å². The van der Waals surface area contributed by atoms with Crippen molar-refractivity contribution in [3.05, 3.63) is 32.7 Å². The third kappa shape index (κ3) is 3.99. The minimum absolute atomic E-state index is 0.278. The van der Waals surface area contributed by atoms with Crippen molar-refractivity contribution in [2.75, 3.05) is 0 Å². The van der Waals surface area contributed by atoms with Crippen molar-refractivity contribution in [1.29, 1.82) is 0 Å². The largest absolute Gasteiger partial charge is 0.312 e. The summed E-state index contributed by atoms with van der Waals surface area (Å²) < 4.78 is 2.09. The molecule has 0 saturated heterocycles. The van der Waals surface area contributed by atoms with Gasteiger partial charge in [0.05, 0.1) is 0 Å². The first-order valence-electron chi connectivity index (χ1n) is 8.92. The maximum atomic E-state index is 12.9. The van der Waals surface area contributed by atoms with Crippen LogP contribution in [0.15, 0.2) is 4.79 Å². The van der Waals surface area contributed by atoms with Crippen LogP contribution in [0.1, 0.15) is 82.7 Å². The Morgan fingerprint density at radius 3 is 1.81 bits per heavy atom. The molecule has 0 aromatic carbocycles. The summed E-state index contributed by atoms with van der Waals surface area (Å²) in [6.45, 7) is 11.8. The van der Waals surface area contributed by atoms with Crippen molar-refractivity contribution < 1.29 is 0 Å². The Balaban J connectivity index is 3.30. The van der Waals surface area contributed by atoms with Gasteiger partial charge < -0.3 is 4.57 Å². The van der Waals surface area contributed by atoms with Gasteiger partial charge in [-0.15, -0.1) is 0 Å². The van der Waals surface area contributed by atoms with Gasteiger partial charge in [0.1, 0.15) is 0 Å². The van der Waals surface area contributed by atoms with E-state index in [2.05, 4.69) is 39.2 Å². The summed E-state index contributed by atoms with van der Waals surface area (Å²) in [6, 6.07) is 0. The fourth-order valence-corrected chi connectivity index (χ4v) is 3.48. The minimum Gasteiger partial charge on any atom is -0.312 e. The van der Waals surface area contributed by atoms with Gasteiger partial charge in [0.25, 0.3) is 5.56 Å². The van der Waals surface area contributed by atoms with Gasteiger partial charge in [-0.3, -0.25) is 4.79 Å². The molecule has 2 heteroatoms. The van der Waals surface area contributed by atoms with Crippen LogP contribution in [0.4, 0.5) is 0 Å². The van der Waals surface area contributed by atoms with Crippen LogP contribution in [-0.2, 0) is 32.2 Å². The number of pyridine rings is 1. The maximum absolute atomic E-state index is 12.9. The highest BCUT2D eigenvalue weighted by atomic mass is 16.1. The summed E-state index contributed by atoms with van der Waals surface area (Å²) in [5.74, 6) is 0. The van der Waals surface area contributed by atoms with Crippen LogP contribution in [-0.4, -0.2) is 4.57 Å². The Labute approximate surface area is 130 Å². The zero-order valence-corrected chi connectivity index (χ0v) is 14.7. The molecular weight excluding hydrogens is 258 g/mol. The number of rotatable bonds is 9.